The van der Waals surface area contributed by atoms with Crippen LogP contribution >= 0.6 is 0 Å². The lowest BCUT2D eigenvalue weighted by Gasteiger charge is -2.12. The van der Waals surface area contributed by atoms with Crippen LogP contribution in [-0.4, -0.2) is 35.1 Å². The summed E-state index contributed by atoms with van der Waals surface area (Å²) in [6.45, 7) is 2.41. The quantitative estimate of drug-likeness (QED) is 0.801. The molecule has 0 fully saturated rings. The number of amidine groups is 1. The lowest BCUT2D eigenvalue weighted by atomic mass is 10.1. The zero-order valence-electron chi connectivity index (χ0n) is 12.1. The Morgan fingerprint density at radius 2 is 1.95 bits per heavy atom. The molecule has 1 amide bonds. The third-order valence-electron chi connectivity index (χ3n) is 3.07. The van der Waals surface area contributed by atoms with Gasteiger partial charge in [-0.05, 0) is 27.3 Å². The fourth-order valence-corrected chi connectivity index (χ4v) is 1.92. The predicted molar refractivity (Wildman–Crippen MR) is 71.8 cm³/mol. The number of carbonyl (C=O) groups is 1. The number of rotatable bonds is 3. The van der Waals surface area contributed by atoms with Gasteiger partial charge in [-0.1, -0.05) is 30.3 Å². The van der Waals surface area contributed by atoms with E-state index in [9.17, 15) is 18.0 Å². The first kappa shape index (κ1) is 16.1. The maximum atomic E-state index is 13.1. The highest BCUT2D eigenvalue weighted by molar-refractivity contribution is 5.85. The van der Waals surface area contributed by atoms with Crippen LogP contribution in [0.4, 0.5) is 18.0 Å². The van der Waals surface area contributed by atoms with Crippen molar-refractivity contribution >= 4 is 11.9 Å². The Hall–Kier alpha value is -2.25. The molecular weight excluding hydrogens is 299 g/mol. The molecule has 22 heavy (non-hydrogen) atoms. The number of amides is 1. The lowest BCUT2D eigenvalue weighted by Crippen LogP contribution is -2.37. The van der Waals surface area contributed by atoms with Crippen LogP contribution in [0, 0.1) is 0 Å². The summed E-state index contributed by atoms with van der Waals surface area (Å²) >= 11 is 0. The summed E-state index contributed by atoms with van der Waals surface area (Å²) in [5.74, 6) is -0.0931. The van der Waals surface area contributed by atoms with Crippen LogP contribution < -0.4 is 0 Å². The molecule has 0 N–H and O–H groups in total. The van der Waals surface area contributed by atoms with Crippen LogP contribution in [0.25, 0.3) is 0 Å². The highest BCUT2D eigenvalue weighted by Crippen LogP contribution is 2.38. The molecule has 0 saturated heterocycles. The standard InChI is InChI=1S/C14H15F3N3O2/c1-3-22-12(21)20-11(9-10-7-5-4-6-8-10)18-13(2,19-20)14(15,16)17/h4-8H,3,9H2,1-2H3/q+1. The zero-order chi connectivity index (χ0) is 16.4. The van der Waals surface area contributed by atoms with Crippen LogP contribution in [0.5, 0.6) is 0 Å². The average molecular weight is 314 g/mol. The predicted octanol–water partition coefficient (Wildman–Crippen LogP) is 3.54. The number of ether oxygens (including phenoxy) is 1. The number of hydrogen-bond acceptors (Lipinski definition) is 4. The van der Waals surface area contributed by atoms with E-state index in [0.29, 0.717) is 4.70 Å². The first-order chi connectivity index (χ1) is 10.3. The van der Waals surface area contributed by atoms with Gasteiger partial charge in [0, 0.05) is 6.92 Å². The van der Waals surface area contributed by atoms with Crippen molar-refractivity contribution in [1.29, 1.82) is 0 Å². The monoisotopic (exact) mass is 314 g/mol. The van der Waals surface area contributed by atoms with Gasteiger partial charge in [-0.3, -0.25) is 0 Å². The molecule has 1 aliphatic heterocycles. The van der Waals surface area contributed by atoms with Gasteiger partial charge in [0.1, 0.15) is 0 Å². The van der Waals surface area contributed by atoms with Crippen molar-refractivity contribution in [2.45, 2.75) is 32.1 Å². The first-order valence-electron chi connectivity index (χ1n) is 6.66. The van der Waals surface area contributed by atoms with E-state index >= 15 is 0 Å². The van der Waals surface area contributed by atoms with Gasteiger partial charge in [0.25, 0.3) is 0 Å². The van der Waals surface area contributed by atoms with Gasteiger partial charge >= 0.3 is 23.8 Å². The summed E-state index contributed by atoms with van der Waals surface area (Å²) in [4.78, 5) is 15.4. The minimum Gasteiger partial charge on any atom is -0.430 e. The zero-order valence-corrected chi connectivity index (χ0v) is 12.1. The molecule has 1 unspecified atom stereocenters. The molecule has 1 aliphatic rings. The number of benzene rings is 1. The molecule has 1 aromatic rings. The third-order valence-corrected chi connectivity index (χ3v) is 3.07. The molecule has 0 radical (unpaired) electrons. The van der Waals surface area contributed by atoms with Crippen molar-refractivity contribution in [2.24, 2.45) is 10.1 Å². The van der Waals surface area contributed by atoms with Crippen LogP contribution in [-0.2, 0) is 11.2 Å². The average Bonchev–Trinajstić information content (AvgIpc) is 2.78. The van der Waals surface area contributed by atoms with Crippen molar-refractivity contribution in [3.05, 3.63) is 35.9 Å². The van der Waals surface area contributed by atoms with E-state index in [2.05, 4.69) is 10.1 Å². The fraction of sp³-hybridized carbons (Fsp3) is 0.429. The third kappa shape index (κ3) is 3.15. The molecule has 0 aliphatic carbocycles. The van der Waals surface area contributed by atoms with E-state index in [-0.39, 0.29) is 18.9 Å². The Kier molecular flexibility index (Phi) is 4.30. The summed E-state index contributed by atoms with van der Waals surface area (Å²) in [6.07, 6.45) is -5.62. The van der Waals surface area contributed by atoms with E-state index in [4.69, 9.17) is 4.74 Å². The van der Waals surface area contributed by atoms with E-state index in [1.807, 2.05) is 0 Å². The van der Waals surface area contributed by atoms with E-state index < -0.39 is 17.9 Å². The number of carbonyl (C=O) groups excluding carboxylic acids is 1. The van der Waals surface area contributed by atoms with Crippen LogP contribution in [0.1, 0.15) is 19.4 Å². The molecule has 0 bridgehead atoms. The van der Waals surface area contributed by atoms with Gasteiger partial charge in [0.15, 0.2) is 0 Å². The van der Waals surface area contributed by atoms with Crippen LogP contribution in [0.2, 0.25) is 0 Å². The second-order valence-electron chi connectivity index (χ2n) is 4.82. The minimum atomic E-state index is -4.70. The van der Waals surface area contributed by atoms with Gasteiger partial charge < -0.3 is 4.74 Å². The highest BCUT2D eigenvalue weighted by Gasteiger charge is 2.63. The SMILES string of the molecule is CCOC(=O)[N+]1=NC(C)(C(F)(F)F)N=C1Cc1ccccc1. The molecule has 1 heterocycles. The molecule has 118 valence electrons. The molecular formula is C14H15F3N3O2+. The van der Waals surface area contributed by atoms with Gasteiger partial charge in [0.05, 0.1) is 13.0 Å². The molecule has 0 saturated carbocycles. The Balaban J connectivity index is 2.38. The number of nitrogens with zero attached hydrogens (tertiary/aromatic N) is 3. The van der Waals surface area contributed by atoms with Crippen LogP contribution in [0.3, 0.4) is 0 Å². The number of halogens is 3. The van der Waals surface area contributed by atoms with E-state index in [1.54, 1.807) is 37.3 Å². The molecule has 0 spiro atoms. The number of hydrogen-bond donors (Lipinski definition) is 0. The molecule has 8 heteroatoms. The summed E-state index contributed by atoms with van der Waals surface area (Å²) in [5, 5.41) is 3.42. The Labute approximate surface area is 125 Å². The second kappa shape index (κ2) is 5.86. The maximum Gasteiger partial charge on any atom is 0.533 e. The molecule has 5 nitrogen and oxygen atoms in total. The van der Waals surface area contributed by atoms with Crippen molar-refractivity contribution < 1.29 is 27.4 Å². The second-order valence-corrected chi connectivity index (χ2v) is 4.82. The largest absolute Gasteiger partial charge is 0.533 e. The molecule has 1 aromatic carbocycles. The Bertz CT molecular complexity index is 626. The fourth-order valence-electron chi connectivity index (χ4n) is 1.92. The number of alkyl halides is 3. The maximum absolute atomic E-state index is 13.1. The number of azo groups is 2. The van der Waals surface area contributed by atoms with Gasteiger partial charge in [-0.25, -0.2) is 0 Å². The minimum absolute atomic E-state index is 0.0339. The lowest BCUT2D eigenvalue weighted by molar-refractivity contribution is -0.408. The molecule has 2 rings (SSSR count). The summed E-state index contributed by atoms with van der Waals surface area (Å²) in [5.41, 5.74) is -1.96. The smallest absolute Gasteiger partial charge is 0.430 e. The van der Waals surface area contributed by atoms with Gasteiger partial charge in [-0.2, -0.15) is 18.0 Å². The van der Waals surface area contributed by atoms with Crippen molar-refractivity contribution in [3.63, 3.8) is 0 Å². The van der Waals surface area contributed by atoms with E-state index in [1.165, 1.54) is 0 Å². The summed E-state index contributed by atoms with van der Waals surface area (Å²) in [6, 6.07) is 8.75. The number of aliphatic imine (C=N–C) groups is 1. The van der Waals surface area contributed by atoms with Gasteiger partial charge in [0.2, 0.25) is 0 Å². The highest BCUT2D eigenvalue weighted by atomic mass is 19.4. The van der Waals surface area contributed by atoms with Gasteiger partial charge in [-0.15, -0.1) is 0 Å². The normalized spacial score (nSPS) is 21.3. The van der Waals surface area contributed by atoms with E-state index in [0.717, 1.165) is 12.5 Å². The van der Waals surface area contributed by atoms with Crippen molar-refractivity contribution in [1.82, 2.24) is 0 Å². The van der Waals surface area contributed by atoms with Crippen LogP contribution in [0.15, 0.2) is 40.4 Å². The molecule has 1 atom stereocenters. The molecule has 0 aromatic heterocycles. The Morgan fingerprint density at radius 1 is 1.32 bits per heavy atom. The Morgan fingerprint density at radius 3 is 2.50 bits per heavy atom. The summed E-state index contributed by atoms with van der Waals surface area (Å²) in [7, 11) is 0. The summed E-state index contributed by atoms with van der Waals surface area (Å²) < 4.78 is 44.6. The van der Waals surface area contributed by atoms with Crippen molar-refractivity contribution in [2.75, 3.05) is 6.61 Å². The topological polar surface area (TPSA) is 54.0 Å². The first-order valence-corrected chi connectivity index (χ1v) is 6.66. The van der Waals surface area contributed by atoms with Crippen molar-refractivity contribution in [3.8, 4) is 0 Å².